The first-order valence-corrected chi connectivity index (χ1v) is 20.1. The van der Waals surface area contributed by atoms with E-state index in [-0.39, 0.29) is 28.0 Å². The second-order valence-corrected chi connectivity index (χ2v) is 18.2. The van der Waals surface area contributed by atoms with Gasteiger partial charge in [-0.05, 0) is 71.9 Å². The summed E-state index contributed by atoms with van der Waals surface area (Å²) in [6.07, 6.45) is 2.82. The van der Waals surface area contributed by atoms with Gasteiger partial charge in [-0.2, -0.15) is 4.98 Å². The molecule has 6 rings (SSSR count). The molecule has 2 fully saturated rings. The van der Waals surface area contributed by atoms with E-state index >= 15 is 0 Å². The number of nitrogens with zero attached hydrogens (tertiary/aromatic N) is 4. The number of piperazine rings is 1. The number of H-pyrrole nitrogens is 1. The van der Waals surface area contributed by atoms with Gasteiger partial charge in [0.1, 0.15) is 5.65 Å². The molecule has 0 amide bonds. The van der Waals surface area contributed by atoms with E-state index < -0.39 is 9.84 Å². The van der Waals surface area contributed by atoms with E-state index in [0.717, 1.165) is 69.0 Å². The highest BCUT2D eigenvalue weighted by Crippen LogP contribution is 2.30. The number of rotatable bonds is 9. The van der Waals surface area contributed by atoms with Gasteiger partial charge in [0.15, 0.2) is 9.84 Å². The van der Waals surface area contributed by atoms with Gasteiger partial charge in [-0.1, -0.05) is 59.7 Å². The van der Waals surface area contributed by atoms with Crippen LogP contribution >= 0.6 is 0 Å². The molecule has 2 aliphatic rings. The summed E-state index contributed by atoms with van der Waals surface area (Å²) in [6.45, 7) is 21.8. The van der Waals surface area contributed by atoms with E-state index in [1.54, 1.807) is 4.57 Å². The molecule has 4 aromatic rings. The Morgan fingerprint density at radius 3 is 2.18 bits per heavy atom. The summed E-state index contributed by atoms with van der Waals surface area (Å²) in [4.78, 5) is 24.6. The van der Waals surface area contributed by atoms with E-state index in [0.29, 0.717) is 25.3 Å². The van der Waals surface area contributed by atoms with E-state index in [1.165, 1.54) is 22.4 Å². The van der Waals surface area contributed by atoms with Crippen LogP contribution in [0.1, 0.15) is 70.3 Å². The lowest BCUT2D eigenvalue weighted by Gasteiger charge is -2.32. The summed E-state index contributed by atoms with van der Waals surface area (Å²) in [5.41, 5.74) is 12.9. The van der Waals surface area contributed by atoms with Crippen LogP contribution in [0.2, 0.25) is 0 Å². The molecule has 2 saturated heterocycles. The van der Waals surface area contributed by atoms with Crippen molar-refractivity contribution in [1.29, 1.82) is 0 Å². The average molecular weight is 719 g/mol. The van der Waals surface area contributed by atoms with Crippen molar-refractivity contribution in [2.75, 3.05) is 68.8 Å². The molecule has 12 heteroatoms. The van der Waals surface area contributed by atoms with Crippen LogP contribution < -0.4 is 27.0 Å². The predicted molar refractivity (Wildman–Crippen MR) is 210 cm³/mol. The van der Waals surface area contributed by atoms with Crippen molar-refractivity contribution in [3.8, 4) is 5.69 Å². The maximum Gasteiger partial charge on any atom is 0.354 e. The van der Waals surface area contributed by atoms with Gasteiger partial charge in [-0.3, -0.25) is 9.47 Å². The summed E-state index contributed by atoms with van der Waals surface area (Å²) in [5.74, 6) is 0.577. The standard InChI is InChI=1S/C20H27N5O.C19H31N3O2S/c1-20(2,3)17-11-15-13-25(19(26)24-18(15)23-17)16-7-5-14(6-8-16)12-22-10-4-9-21;1-19(2,3)17-12-16(15-21-8-10-25(23,24)11-9-21)13-18(14-17)22-6-4-20-5-7-22/h5-8,11,13,22H,4,9-10,12,21H2,1-3H3,(H,23,24,26);12-14,20H,4-11,15H2,1-3H3. The molecule has 0 bridgehead atoms. The quantitative estimate of drug-likeness (QED) is 0.189. The van der Waals surface area contributed by atoms with Crippen molar-refractivity contribution < 1.29 is 8.42 Å². The topological polar surface area (TPSA) is 141 Å². The van der Waals surface area contributed by atoms with Crippen molar-refractivity contribution >= 4 is 26.6 Å². The van der Waals surface area contributed by atoms with E-state index in [2.05, 4.69) is 96.2 Å². The van der Waals surface area contributed by atoms with Crippen LogP contribution in [0.25, 0.3) is 16.7 Å². The minimum Gasteiger partial charge on any atom is -0.369 e. The normalized spacial score (nSPS) is 17.0. The summed E-state index contributed by atoms with van der Waals surface area (Å²) in [5, 5.41) is 7.69. The van der Waals surface area contributed by atoms with Crippen molar-refractivity contribution in [2.45, 2.75) is 71.9 Å². The summed E-state index contributed by atoms with van der Waals surface area (Å²) in [7, 11) is -2.82. The molecule has 2 aromatic carbocycles. The number of fused-ring (bicyclic) bond motifs is 1. The van der Waals surface area contributed by atoms with Gasteiger partial charge in [-0.25, -0.2) is 13.2 Å². The van der Waals surface area contributed by atoms with Crippen LogP contribution in [-0.4, -0.2) is 91.7 Å². The van der Waals surface area contributed by atoms with Gasteiger partial charge in [0.25, 0.3) is 0 Å². The molecular formula is C39H58N8O3S. The van der Waals surface area contributed by atoms with Crippen LogP contribution in [-0.2, 0) is 33.8 Å². The van der Waals surface area contributed by atoms with Crippen LogP contribution in [0.15, 0.2) is 59.5 Å². The summed E-state index contributed by atoms with van der Waals surface area (Å²) in [6, 6.07) is 16.9. The molecule has 4 heterocycles. The monoisotopic (exact) mass is 718 g/mol. The maximum atomic E-state index is 12.4. The second kappa shape index (κ2) is 16.4. The highest BCUT2D eigenvalue weighted by molar-refractivity contribution is 7.91. The van der Waals surface area contributed by atoms with Crippen LogP contribution in [0.3, 0.4) is 0 Å². The predicted octanol–water partition coefficient (Wildman–Crippen LogP) is 4.07. The van der Waals surface area contributed by atoms with E-state index in [4.69, 9.17) is 5.73 Å². The van der Waals surface area contributed by atoms with Gasteiger partial charge in [0, 0.05) is 80.7 Å². The van der Waals surface area contributed by atoms with Crippen LogP contribution in [0.5, 0.6) is 0 Å². The smallest absolute Gasteiger partial charge is 0.354 e. The zero-order valence-electron chi connectivity index (χ0n) is 31.4. The molecule has 2 aromatic heterocycles. The number of anilines is 1. The highest BCUT2D eigenvalue weighted by atomic mass is 32.2. The zero-order chi connectivity index (χ0) is 36.8. The highest BCUT2D eigenvalue weighted by Gasteiger charge is 2.24. The molecule has 0 radical (unpaired) electrons. The van der Waals surface area contributed by atoms with Gasteiger partial charge in [0.2, 0.25) is 0 Å². The van der Waals surface area contributed by atoms with Crippen LogP contribution in [0, 0.1) is 0 Å². The summed E-state index contributed by atoms with van der Waals surface area (Å²) >= 11 is 0. The Morgan fingerprint density at radius 2 is 1.55 bits per heavy atom. The fourth-order valence-corrected chi connectivity index (χ4v) is 7.56. The molecular weight excluding hydrogens is 661 g/mol. The second-order valence-electron chi connectivity index (χ2n) is 15.9. The van der Waals surface area contributed by atoms with Crippen LogP contribution in [0.4, 0.5) is 5.69 Å². The van der Waals surface area contributed by atoms with E-state index in [1.807, 2.05) is 30.5 Å². The Hall–Kier alpha value is -3.55. The first-order chi connectivity index (χ1) is 24.1. The minimum atomic E-state index is -2.82. The Kier molecular flexibility index (Phi) is 12.4. The third-order valence-electron chi connectivity index (χ3n) is 9.59. The minimum absolute atomic E-state index is 0.0207. The van der Waals surface area contributed by atoms with Crippen molar-refractivity contribution in [3.63, 3.8) is 0 Å². The molecule has 0 atom stereocenters. The molecule has 5 N–H and O–H groups in total. The third-order valence-corrected chi connectivity index (χ3v) is 11.2. The Bertz CT molecular complexity index is 1900. The zero-order valence-corrected chi connectivity index (χ0v) is 32.2. The first kappa shape index (κ1) is 38.7. The van der Waals surface area contributed by atoms with Gasteiger partial charge < -0.3 is 26.3 Å². The SMILES string of the molecule is CC(C)(C)c1cc(CN2CCS(=O)(=O)CC2)cc(N2CCNCC2)c1.CC(C)(C)c1cc2cn(-c3ccc(CNCCCN)cc3)c(=O)nc2[nH]1. The molecule has 278 valence electrons. The molecule has 0 saturated carbocycles. The molecule has 0 unspecified atom stereocenters. The first-order valence-electron chi connectivity index (χ1n) is 18.3. The van der Waals surface area contributed by atoms with Crippen molar-refractivity contribution in [1.82, 2.24) is 30.1 Å². The lowest BCUT2D eigenvalue weighted by Crippen LogP contribution is -2.43. The van der Waals surface area contributed by atoms with Crippen molar-refractivity contribution in [3.05, 3.63) is 87.6 Å². The van der Waals surface area contributed by atoms with Gasteiger partial charge in [0.05, 0.1) is 17.2 Å². The number of hydrogen-bond acceptors (Lipinski definition) is 9. The maximum absolute atomic E-state index is 12.4. The number of aromatic amines is 1. The number of sulfone groups is 1. The third kappa shape index (κ3) is 10.7. The number of nitrogens with one attached hydrogen (secondary N) is 3. The largest absolute Gasteiger partial charge is 0.369 e. The summed E-state index contributed by atoms with van der Waals surface area (Å²) < 4.78 is 24.9. The lowest BCUT2D eigenvalue weighted by molar-refractivity contribution is 0.287. The fraction of sp³-hybridized carbons (Fsp3) is 0.538. The van der Waals surface area contributed by atoms with Gasteiger partial charge in [-0.15, -0.1) is 0 Å². The Morgan fingerprint density at radius 1 is 0.863 bits per heavy atom. The Labute approximate surface area is 303 Å². The number of aromatic nitrogens is 3. The fourth-order valence-electron chi connectivity index (χ4n) is 6.29. The Balaban J connectivity index is 0.000000198. The van der Waals surface area contributed by atoms with Gasteiger partial charge >= 0.3 is 5.69 Å². The molecule has 51 heavy (non-hydrogen) atoms. The number of nitrogens with two attached hydrogens (primary N) is 1. The van der Waals surface area contributed by atoms with Crippen molar-refractivity contribution in [2.24, 2.45) is 5.73 Å². The lowest BCUT2D eigenvalue weighted by atomic mass is 9.85. The average Bonchev–Trinajstić information content (AvgIpc) is 3.52. The number of benzene rings is 2. The molecule has 2 aliphatic heterocycles. The number of hydrogen-bond donors (Lipinski definition) is 4. The molecule has 0 aliphatic carbocycles. The molecule has 0 spiro atoms. The van der Waals surface area contributed by atoms with E-state index in [9.17, 15) is 13.2 Å². The molecule has 11 nitrogen and oxygen atoms in total.